The molecule has 2 aromatic carbocycles. The fraction of sp³-hybridized carbons (Fsp3) is 0.150. The molecule has 0 bridgehead atoms. The number of phenols is 1. The lowest BCUT2D eigenvalue weighted by molar-refractivity contribution is 0.0951. The molecule has 0 spiro atoms. The third-order valence-corrected chi connectivity index (χ3v) is 4.58. The van der Waals surface area contributed by atoms with Crippen LogP contribution in [0.4, 0.5) is 5.82 Å². The number of hydrogen-bond donors (Lipinski definition) is 3. The summed E-state index contributed by atoms with van der Waals surface area (Å²) in [6.07, 6.45) is 0.903. The van der Waals surface area contributed by atoms with Crippen molar-refractivity contribution < 1.29 is 9.90 Å². The lowest BCUT2D eigenvalue weighted by atomic mass is 10.1. The summed E-state index contributed by atoms with van der Waals surface area (Å²) in [7, 11) is 0. The minimum Gasteiger partial charge on any atom is -0.507 e. The summed E-state index contributed by atoms with van der Waals surface area (Å²) in [6.45, 7) is 0. The van der Waals surface area contributed by atoms with E-state index in [9.17, 15) is 9.90 Å². The van der Waals surface area contributed by atoms with E-state index in [1.165, 1.54) is 5.56 Å². The van der Waals surface area contributed by atoms with E-state index in [0.29, 0.717) is 17.2 Å². The van der Waals surface area contributed by atoms with Gasteiger partial charge in [0.15, 0.2) is 5.82 Å². The molecule has 0 unspecified atom stereocenters. The van der Waals surface area contributed by atoms with Crippen LogP contribution in [0.15, 0.2) is 60.7 Å². The number of nitrogens with two attached hydrogens (primary N) is 1. The molecule has 1 aromatic heterocycles. The van der Waals surface area contributed by atoms with E-state index >= 15 is 0 Å². The highest BCUT2D eigenvalue weighted by atomic mass is 16.3. The van der Waals surface area contributed by atoms with Crippen molar-refractivity contribution in [2.24, 2.45) is 0 Å². The van der Waals surface area contributed by atoms with Gasteiger partial charge in [0.2, 0.25) is 0 Å². The minimum absolute atomic E-state index is 0.0681. The molecule has 1 fully saturated rings. The summed E-state index contributed by atoms with van der Waals surface area (Å²) in [5, 5.41) is 20.9. The second-order valence-corrected chi connectivity index (χ2v) is 6.38. The van der Waals surface area contributed by atoms with Gasteiger partial charge in [-0.25, -0.2) is 0 Å². The van der Waals surface area contributed by atoms with Crippen molar-refractivity contribution in [2.45, 2.75) is 18.4 Å². The van der Waals surface area contributed by atoms with Gasteiger partial charge in [0.1, 0.15) is 5.75 Å². The SMILES string of the molecule is Nc1nnc(-c2ccccc2O)cc1C(=O)N[C@@H]1C[C@H]1c1ccccc1. The van der Waals surface area contributed by atoms with Gasteiger partial charge in [-0.15, -0.1) is 10.2 Å². The Hall–Kier alpha value is -3.41. The average Bonchev–Trinajstić information content (AvgIpc) is 3.42. The summed E-state index contributed by atoms with van der Waals surface area (Å²) in [5.41, 5.74) is 8.23. The summed E-state index contributed by atoms with van der Waals surface area (Å²) in [5.74, 6) is 0.189. The van der Waals surface area contributed by atoms with Gasteiger partial charge in [-0.3, -0.25) is 4.79 Å². The number of phenolic OH excluding ortho intramolecular Hbond substituents is 1. The van der Waals surface area contributed by atoms with Crippen LogP contribution in [0.2, 0.25) is 0 Å². The average molecular weight is 346 g/mol. The van der Waals surface area contributed by atoms with Crippen molar-refractivity contribution >= 4 is 11.7 Å². The van der Waals surface area contributed by atoms with Crippen LogP contribution in [0, 0.1) is 0 Å². The number of aromatic hydroxyl groups is 1. The summed E-state index contributed by atoms with van der Waals surface area (Å²) >= 11 is 0. The fourth-order valence-corrected chi connectivity index (χ4v) is 3.07. The number of nitrogens with zero attached hydrogens (tertiary/aromatic N) is 2. The number of para-hydroxylation sites is 1. The van der Waals surface area contributed by atoms with Crippen molar-refractivity contribution in [1.82, 2.24) is 15.5 Å². The molecule has 1 aliphatic rings. The highest BCUT2D eigenvalue weighted by Crippen LogP contribution is 2.40. The largest absolute Gasteiger partial charge is 0.507 e. The van der Waals surface area contributed by atoms with E-state index in [1.54, 1.807) is 30.3 Å². The zero-order chi connectivity index (χ0) is 18.1. The number of carbonyl (C=O) groups is 1. The molecular formula is C20H18N4O2. The molecule has 130 valence electrons. The predicted molar refractivity (Wildman–Crippen MR) is 98.6 cm³/mol. The zero-order valence-corrected chi connectivity index (χ0v) is 14.0. The van der Waals surface area contributed by atoms with E-state index in [2.05, 4.69) is 27.6 Å². The third kappa shape index (κ3) is 3.09. The second-order valence-electron chi connectivity index (χ2n) is 6.38. The lowest BCUT2D eigenvalue weighted by Gasteiger charge is -2.09. The number of hydrogen-bond acceptors (Lipinski definition) is 5. The van der Waals surface area contributed by atoms with Gasteiger partial charge in [-0.05, 0) is 30.2 Å². The van der Waals surface area contributed by atoms with Crippen LogP contribution < -0.4 is 11.1 Å². The molecule has 0 aliphatic heterocycles. The van der Waals surface area contributed by atoms with Crippen molar-refractivity contribution in [3.05, 3.63) is 71.8 Å². The zero-order valence-electron chi connectivity index (χ0n) is 14.0. The number of amides is 1. The van der Waals surface area contributed by atoms with Crippen molar-refractivity contribution in [1.29, 1.82) is 0 Å². The normalized spacial score (nSPS) is 18.3. The van der Waals surface area contributed by atoms with E-state index in [4.69, 9.17) is 5.73 Å². The van der Waals surface area contributed by atoms with E-state index in [0.717, 1.165) is 6.42 Å². The number of carbonyl (C=O) groups excluding carboxylic acids is 1. The Morgan fingerprint density at radius 3 is 2.58 bits per heavy atom. The Labute approximate surface area is 150 Å². The molecule has 1 heterocycles. The molecule has 1 aliphatic carbocycles. The van der Waals surface area contributed by atoms with E-state index < -0.39 is 0 Å². The number of nitrogens with one attached hydrogen (secondary N) is 1. The number of rotatable bonds is 4. The molecule has 6 heteroatoms. The van der Waals surface area contributed by atoms with Gasteiger partial charge in [-0.2, -0.15) is 0 Å². The van der Waals surface area contributed by atoms with Crippen LogP contribution in [0.3, 0.4) is 0 Å². The van der Waals surface area contributed by atoms with E-state index in [1.807, 2.05) is 18.2 Å². The predicted octanol–water partition coefficient (Wildman–Crippen LogP) is 2.72. The van der Waals surface area contributed by atoms with Crippen LogP contribution in [0.5, 0.6) is 5.75 Å². The molecule has 0 saturated heterocycles. The molecular weight excluding hydrogens is 328 g/mol. The van der Waals surface area contributed by atoms with Gasteiger partial charge in [0.05, 0.1) is 11.3 Å². The molecule has 6 nitrogen and oxygen atoms in total. The highest BCUT2D eigenvalue weighted by molar-refractivity contribution is 5.99. The first-order valence-electron chi connectivity index (χ1n) is 8.41. The first-order valence-corrected chi connectivity index (χ1v) is 8.41. The quantitative estimate of drug-likeness (QED) is 0.674. The molecule has 2 atom stereocenters. The minimum atomic E-state index is -0.280. The first kappa shape index (κ1) is 16.1. The summed E-state index contributed by atoms with van der Waals surface area (Å²) < 4.78 is 0. The van der Waals surface area contributed by atoms with Gasteiger partial charge in [0, 0.05) is 17.5 Å². The van der Waals surface area contributed by atoms with Gasteiger partial charge in [0.25, 0.3) is 5.91 Å². The molecule has 1 saturated carbocycles. The Bertz CT molecular complexity index is 959. The fourth-order valence-electron chi connectivity index (χ4n) is 3.07. The summed E-state index contributed by atoms with van der Waals surface area (Å²) in [4.78, 5) is 12.6. The Morgan fingerprint density at radius 2 is 1.81 bits per heavy atom. The maximum atomic E-state index is 12.6. The van der Waals surface area contributed by atoms with Crippen LogP contribution in [0.1, 0.15) is 28.3 Å². The van der Waals surface area contributed by atoms with Crippen LogP contribution in [-0.2, 0) is 0 Å². The molecule has 3 aromatic rings. The number of anilines is 1. The van der Waals surface area contributed by atoms with Gasteiger partial charge < -0.3 is 16.2 Å². The first-order chi connectivity index (χ1) is 12.6. The van der Waals surface area contributed by atoms with Crippen molar-refractivity contribution in [3.8, 4) is 17.0 Å². The Kier molecular flexibility index (Phi) is 4.01. The number of benzene rings is 2. The molecule has 4 N–H and O–H groups in total. The topological polar surface area (TPSA) is 101 Å². The molecule has 0 radical (unpaired) electrons. The van der Waals surface area contributed by atoms with Crippen molar-refractivity contribution in [3.63, 3.8) is 0 Å². The van der Waals surface area contributed by atoms with Crippen molar-refractivity contribution in [2.75, 3.05) is 5.73 Å². The van der Waals surface area contributed by atoms with Crippen LogP contribution in [0.25, 0.3) is 11.3 Å². The van der Waals surface area contributed by atoms with E-state index in [-0.39, 0.29) is 29.1 Å². The van der Waals surface area contributed by atoms with Gasteiger partial charge >= 0.3 is 0 Å². The molecule has 1 amide bonds. The third-order valence-electron chi connectivity index (χ3n) is 4.58. The molecule has 4 rings (SSSR count). The van der Waals surface area contributed by atoms with Crippen LogP contribution in [-0.4, -0.2) is 27.3 Å². The number of nitrogen functional groups attached to an aromatic ring is 1. The Morgan fingerprint density at radius 1 is 1.08 bits per heavy atom. The smallest absolute Gasteiger partial charge is 0.255 e. The number of aromatic nitrogens is 2. The maximum absolute atomic E-state index is 12.6. The lowest BCUT2D eigenvalue weighted by Crippen LogP contribution is -2.28. The van der Waals surface area contributed by atoms with Crippen LogP contribution >= 0.6 is 0 Å². The summed E-state index contributed by atoms with van der Waals surface area (Å²) in [6, 6.07) is 18.5. The Balaban J connectivity index is 1.53. The maximum Gasteiger partial charge on any atom is 0.255 e. The second kappa shape index (κ2) is 6.48. The standard InChI is InChI=1S/C20H18N4O2/c21-19-15(11-17(23-24-19)13-8-4-5-9-18(13)25)20(26)22-16-10-14(16)12-6-2-1-3-7-12/h1-9,11,14,16,25H,10H2,(H2,21,24)(H,22,26)/t14-,16+/m0/s1. The van der Waals surface area contributed by atoms with Gasteiger partial charge in [-0.1, -0.05) is 42.5 Å². The molecule has 26 heavy (non-hydrogen) atoms. The monoisotopic (exact) mass is 346 g/mol. The highest BCUT2D eigenvalue weighted by Gasteiger charge is 2.39.